The maximum atomic E-state index is 12.9. The number of halogens is 1. The molecule has 9 nitrogen and oxygen atoms in total. The zero-order valence-electron chi connectivity index (χ0n) is 21.5. The van der Waals surface area contributed by atoms with Crippen LogP contribution in [0.15, 0.2) is 47.5 Å². The average molecular weight is 545 g/mol. The Bertz CT molecular complexity index is 1370. The second-order valence-corrected chi connectivity index (χ2v) is 12.4. The highest BCUT2D eigenvalue weighted by atomic mass is 35.5. The number of nitrogen functional groups attached to an aromatic ring is 1. The molecule has 0 atom stereocenters. The number of ether oxygens (including phenoxy) is 1. The number of nitrogens with one attached hydrogen (secondary N) is 2. The van der Waals surface area contributed by atoms with Gasteiger partial charge in [0.15, 0.2) is 15.7 Å². The van der Waals surface area contributed by atoms with Crippen molar-refractivity contribution in [3.8, 4) is 5.75 Å². The largest absolute Gasteiger partial charge is 0.495 e. The number of hydrogen-bond acceptors (Lipinski definition) is 9. The Hall–Kier alpha value is -3.08. The van der Waals surface area contributed by atoms with Gasteiger partial charge in [-0.1, -0.05) is 23.7 Å². The first-order valence-corrected chi connectivity index (χ1v) is 14.1. The summed E-state index contributed by atoms with van der Waals surface area (Å²) in [7, 11) is 0.210. The Kier molecular flexibility index (Phi) is 8.11. The van der Waals surface area contributed by atoms with Gasteiger partial charge >= 0.3 is 0 Å². The first-order valence-electron chi connectivity index (χ1n) is 12.2. The number of rotatable bonds is 8. The van der Waals surface area contributed by atoms with Gasteiger partial charge in [0.2, 0.25) is 5.95 Å². The summed E-state index contributed by atoms with van der Waals surface area (Å²) in [6.07, 6.45) is 3.53. The zero-order valence-corrected chi connectivity index (χ0v) is 23.0. The molecule has 1 saturated heterocycles. The van der Waals surface area contributed by atoms with Crippen LogP contribution in [0.4, 0.5) is 28.8 Å². The summed E-state index contributed by atoms with van der Waals surface area (Å²) in [4.78, 5) is 11.3. The van der Waals surface area contributed by atoms with Gasteiger partial charge in [0.1, 0.15) is 10.8 Å². The van der Waals surface area contributed by atoms with Crippen molar-refractivity contribution in [2.45, 2.75) is 42.8 Å². The molecule has 1 aliphatic rings. The van der Waals surface area contributed by atoms with E-state index in [0.29, 0.717) is 28.7 Å². The van der Waals surface area contributed by atoms with Crippen LogP contribution < -0.4 is 21.1 Å². The summed E-state index contributed by atoms with van der Waals surface area (Å²) < 4.78 is 31.4. The number of likely N-dealkylation sites (tertiary alicyclic amines) is 1. The second-order valence-electron chi connectivity index (χ2n) is 9.49. The van der Waals surface area contributed by atoms with Gasteiger partial charge in [-0.15, -0.1) is 0 Å². The van der Waals surface area contributed by atoms with E-state index in [4.69, 9.17) is 22.1 Å². The summed E-state index contributed by atoms with van der Waals surface area (Å²) in [5.41, 5.74) is 9.22. The van der Waals surface area contributed by atoms with Crippen molar-refractivity contribution in [1.29, 1.82) is 0 Å². The standard InChI is InChI=1S/C26H33ClN6O3S/c1-16(2)37(34,35)24-8-6-5-7-21(24)30-25-19(27)15-29-26(32-25)31-22-14-20(28)18(13-23(22)36-4)17-9-11-33(3)12-10-17/h5-8,13-17H,9-12,28H2,1-4H3,(H2,29,30,31,32). The molecule has 0 radical (unpaired) electrons. The molecule has 0 spiro atoms. The lowest BCUT2D eigenvalue weighted by Gasteiger charge is -2.30. The highest BCUT2D eigenvalue weighted by Gasteiger charge is 2.24. The lowest BCUT2D eigenvalue weighted by Crippen LogP contribution is -2.29. The van der Waals surface area contributed by atoms with Gasteiger partial charge in [-0.2, -0.15) is 4.98 Å². The number of piperidine rings is 1. The maximum absolute atomic E-state index is 12.9. The molecule has 4 rings (SSSR count). The lowest BCUT2D eigenvalue weighted by atomic mass is 9.88. The van der Waals surface area contributed by atoms with Crippen LogP contribution in [-0.4, -0.2) is 55.8 Å². The van der Waals surface area contributed by atoms with E-state index in [2.05, 4.69) is 32.5 Å². The van der Waals surface area contributed by atoms with Crippen LogP contribution in [-0.2, 0) is 9.84 Å². The fraction of sp³-hybridized carbons (Fsp3) is 0.385. The number of aromatic nitrogens is 2. The van der Waals surface area contributed by atoms with Crippen molar-refractivity contribution >= 4 is 50.3 Å². The van der Waals surface area contributed by atoms with Crippen molar-refractivity contribution in [2.24, 2.45) is 0 Å². The number of hydrogen-bond donors (Lipinski definition) is 3. The van der Waals surface area contributed by atoms with E-state index in [9.17, 15) is 8.42 Å². The van der Waals surface area contributed by atoms with Crippen molar-refractivity contribution in [2.75, 3.05) is 43.6 Å². The van der Waals surface area contributed by atoms with Crippen LogP contribution in [0, 0.1) is 0 Å². The van der Waals surface area contributed by atoms with Gasteiger partial charge in [0.25, 0.3) is 0 Å². The van der Waals surface area contributed by atoms with Crippen molar-refractivity contribution < 1.29 is 13.2 Å². The number of nitrogens with two attached hydrogens (primary N) is 1. The van der Waals surface area contributed by atoms with E-state index in [1.54, 1.807) is 45.2 Å². The molecule has 1 fully saturated rings. The maximum Gasteiger partial charge on any atom is 0.229 e. The Balaban J connectivity index is 1.62. The Labute approximate surface area is 223 Å². The third kappa shape index (κ3) is 5.92. The fourth-order valence-corrected chi connectivity index (χ4v) is 5.73. The number of anilines is 5. The average Bonchev–Trinajstić information content (AvgIpc) is 2.87. The van der Waals surface area contributed by atoms with Gasteiger partial charge in [-0.3, -0.25) is 0 Å². The van der Waals surface area contributed by atoms with Crippen molar-refractivity contribution in [3.63, 3.8) is 0 Å². The summed E-state index contributed by atoms with van der Waals surface area (Å²) >= 11 is 6.37. The predicted molar refractivity (Wildman–Crippen MR) is 149 cm³/mol. The molecule has 198 valence electrons. The van der Waals surface area contributed by atoms with E-state index < -0.39 is 15.1 Å². The molecule has 2 heterocycles. The number of benzene rings is 2. The minimum Gasteiger partial charge on any atom is -0.495 e. The minimum absolute atomic E-state index is 0.174. The Morgan fingerprint density at radius 3 is 2.51 bits per heavy atom. The molecule has 0 amide bonds. The zero-order chi connectivity index (χ0) is 26.7. The van der Waals surface area contributed by atoms with Crippen molar-refractivity contribution in [1.82, 2.24) is 14.9 Å². The number of methoxy groups -OCH3 is 1. The number of para-hydroxylation sites is 1. The molecule has 1 aromatic heterocycles. The molecule has 0 unspecified atom stereocenters. The first kappa shape index (κ1) is 27.0. The monoisotopic (exact) mass is 544 g/mol. The van der Waals surface area contributed by atoms with Crippen LogP contribution >= 0.6 is 11.6 Å². The number of nitrogens with zero attached hydrogens (tertiary/aromatic N) is 3. The summed E-state index contributed by atoms with van der Waals surface area (Å²) in [5.74, 6) is 1.52. The van der Waals surface area contributed by atoms with Gasteiger partial charge in [0, 0.05) is 5.69 Å². The molecule has 0 aliphatic carbocycles. The molecule has 0 saturated carbocycles. The molecule has 0 bridgehead atoms. The topological polar surface area (TPSA) is 122 Å². The first-order chi connectivity index (χ1) is 17.6. The molecule has 11 heteroatoms. The minimum atomic E-state index is -3.53. The summed E-state index contributed by atoms with van der Waals surface area (Å²) in [6.45, 7) is 5.34. The van der Waals surface area contributed by atoms with Gasteiger partial charge in [-0.25, -0.2) is 13.4 Å². The highest BCUT2D eigenvalue weighted by molar-refractivity contribution is 7.92. The van der Waals surface area contributed by atoms with E-state index in [-0.39, 0.29) is 21.7 Å². The third-order valence-corrected chi connectivity index (χ3v) is 9.11. The molecule has 1 aliphatic heterocycles. The SMILES string of the molecule is COc1cc(C2CCN(C)CC2)c(N)cc1Nc1ncc(Cl)c(Nc2ccccc2S(=O)(=O)C(C)C)n1. The third-order valence-electron chi connectivity index (χ3n) is 6.62. The van der Waals surface area contributed by atoms with Gasteiger partial charge < -0.3 is 26.0 Å². The van der Waals surface area contributed by atoms with Crippen LogP contribution in [0.25, 0.3) is 0 Å². The molecule has 37 heavy (non-hydrogen) atoms. The fourth-order valence-electron chi connectivity index (χ4n) is 4.39. The molecule has 4 N–H and O–H groups in total. The Morgan fingerprint density at radius 2 is 1.84 bits per heavy atom. The molecule has 2 aromatic carbocycles. The smallest absolute Gasteiger partial charge is 0.229 e. The van der Waals surface area contributed by atoms with Crippen LogP contribution in [0.1, 0.15) is 38.2 Å². The normalized spacial score (nSPS) is 15.1. The van der Waals surface area contributed by atoms with E-state index in [1.165, 1.54) is 6.20 Å². The van der Waals surface area contributed by atoms with E-state index in [1.807, 2.05) is 12.1 Å². The predicted octanol–water partition coefficient (Wildman–Crippen LogP) is 5.20. The Morgan fingerprint density at radius 1 is 1.14 bits per heavy atom. The summed E-state index contributed by atoms with van der Waals surface area (Å²) in [6, 6.07) is 10.5. The van der Waals surface area contributed by atoms with E-state index in [0.717, 1.165) is 31.5 Å². The van der Waals surface area contributed by atoms with Crippen LogP contribution in [0.2, 0.25) is 5.02 Å². The number of sulfone groups is 1. The highest BCUT2D eigenvalue weighted by Crippen LogP contribution is 2.39. The quantitative estimate of drug-likeness (QED) is 0.328. The lowest BCUT2D eigenvalue weighted by molar-refractivity contribution is 0.255. The van der Waals surface area contributed by atoms with Gasteiger partial charge in [-0.05, 0) is 82.6 Å². The van der Waals surface area contributed by atoms with Crippen LogP contribution in [0.3, 0.4) is 0 Å². The summed E-state index contributed by atoms with van der Waals surface area (Å²) in [5, 5.41) is 5.89. The molecular weight excluding hydrogens is 512 g/mol. The van der Waals surface area contributed by atoms with E-state index >= 15 is 0 Å². The van der Waals surface area contributed by atoms with Crippen molar-refractivity contribution in [3.05, 3.63) is 53.2 Å². The molecular formula is C26H33ClN6O3S. The van der Waals surface area contributed by atoms with Crippen LogP contribution in [0.5, 0.6) is 5.75 Å². The second kappa shape index (κ2) is 11.1. The molecule has 3 aromatic rings. The van der Waals surface area contributed by atoms with Gasteiger partial charge in [0.05, 0.1) is 34.8 Å².